The minimum absolute atomic E-state index is 0.0797. The molecule has 1 aromatic heterocycles. The molecule has 0 saturated heterocycles. The predicted octanol–water partition coefficient (Wildman–Crippen LogP) is 1.19. The van der Waals surface area contributed by atoms with Crippen molar-refractivity contribution in [1.82, 2.24) is 19.8 Å². The van der Waals surface area contributed by atoms with Crippen molar-refractivity contribution in [3.05, 3.63) is 11.4 Å². The van der Waals surface area contributed by atoms with E-state index < -0.39 is 10.0 Å². The van der Waals surface area contributed by atoms with Gasteiger partial charge >= 0.3 is 0 Å². The maximum Gasteiger partial charge on any atom is 0.244 e. The molecule has 0 radical (unpaired) electrons. The van der Waals surface area contributed by atoms with Crippen LogP contribution in [0.25, 0.3) is 0 Å². The molecular formula is C13H26N4O2S. The number of hydrogen-bond donors (Lipinski definition) is 2. The molecule has 0 bridgehead atoms. The van der Waals surface area contributed by atoms with Crippen molar-refractivity contribution in [2.45, 2.75) is 58.5 Å². The van der Waals surface area contributed by atoms with Crippen molar-refractivity contribution in [3.63, 3.8) is 0 Å². The lowest BCUT2D eigenvalue weighted by Crippen LogP contribution is -2.32. The van der Waals surface area contributed by atoms with Crippen molar-refractivity contribution in [2.24, 2.45) is 0 Å². The highest BCUT2D eigenvalue weighted by molar-refractivity contribution is 7.89. The fourth-order valence-corrected chi connectivity index (χ4v) is 3.79. The van der Waals surface area contributed by atoms with Crippen LogP contribution in [0.15, 0.2) is 4.90 Å². The summed E-state index contributed by atoms with van der Waals surface area (Å²) in [5.41, 5.74) is 1.24. The average Bonchev–Trinajstić information content (AvgIpc) is 2.64. The SMILES string of the molecule is CCNCCn1nc(C)c(S(=O)(=O)NC(C)CC)c1C. The van der Waals surface area contributed by atoms with Gasteiger partial charge in [0.2, 0.25) is 10.0 Å². The van der Waals surface area contributed by atoms with Crippen molar-refractivity contribution < 1.29 is 8.42 Å². The lowest BCUT2D eigenvalue weighted by Gasteiger charge is -2.12. The molecule has 0 aliphatic carbocycles. The molecule has 0 amide bonds. The second kappa shape index (κ2) is 7.19. The molecule has 1 heterocycles. The Bertz CT molecular complexity index is 537. The highest BCUT2D eigenvalue weighted by Crippen LogP contribution is 2.19. The summed E-state index contributed by atoms with van der Waals surface area (Å²) in [5, 5.41) is 7.55. The van der Waals surface area contributed by atoms with Crippen LogP contribution in [0, 0.1) is 13.8 Å². The second-order valence-corrected chi connectivity index (χ2v) is 6.66. The first kappa shape index (κ1) is 17.1. The van der Waals surface area contributed by atoms with Crippen LogP contribution in [-0.4, -0.2) is 37.3 Å². The van der Waals surface area contributed by atoms with Crippen LogP contribution in [0.3, 0.4) is 0 Å². The highest BCUT2D eigenvalue weighted by atomic mass is 32.2. The Labute approximate surface area is 122 Å². The molecule has 7 heteroatoms. The molecule has 0 aromatic carbocycles. The first-order valence-corrected chi connectivity index (χ1v) is 8.58. The number of nitrogens with one attached hydrogen (secondary N) is 2. The van der Waals surface area contributed by atoms with Crippen LogP contribution in [0.2, 0.25) is 0 Å². The molecule has 0 spiro atoms. The van der Waals surface area contributed by atoms with E-state index >= 15 is 0 Å². The Morgan fingerprint density at radius 2 is 1.95 bits per heavy atom. The summed E-state index contributed by atoms with van der Waals surface area (Å²) in [6.07, 6.45) is 0.756. The van der Waals surface area contributed by atoms with E-state index in [9.17, 15) is 8.42 Å². The topological polar surface area (TPSA) is 76.0 Å². The summed E-state index contributed by atoms with van der Waals surface area (Å²) in [6.45, 7) is 11.7. The largest absolute Gasteiger partial charge is 0.315 e. The van der Waals surface area contributed by atoms with Gasteiger partial charge in [0, 0.05) is 12.6 Å². The van der Waals surface area contributed by atoms with Gasteiger partial charge in [0.1, 0.15) is 4.90 Å². The Morgan fingerprint density at radius 1 is 1.30 bits per heavy atom. The normalized spacial score (nSPS) is 13.7. The molecule has 1 rings (SSSR count). The van der Waals surface area contributed by atoms with Gasteiger partial charge in [-0.05, 0) is 33.7 Å². The predicted molar refractivity (Wildman–Crippen MR) is 80.3 cm³/mol. The van der Waals surface area contributed by atoms with Gasteiger partial charge in [-0.25, -0.2) is 13.1 Å². The number of nitrogens with zero attached hydrogens (tertiary/aromatic N) is 2. The highest BCUT2D eigenvalue weighted by Gasteiger charge is 2.25. The standard InChI is InChI=1S/C13H26N4O2S/c1-6-10(3)16-20(18,19)13-11(4)15-17(12(13)5)9-8-14-7-2/h10,14,16H,6-9H2,1-5H3. The lowest BCUT2D eigenvalue weighted by molar-refractivity contribution is 0.545. The molecular weight excluding hydrogens is 276 g/mol. The molecule has 116 valence electrons. The molecule has 1 aromatic rings. The Balaban J connectivity index is 3.01. The number of hydrogen-bond acceptors (Lipinski definition) is 4. The number of aryl methyl sites for hydroxylation is 1. The molecule has 20 heavy (non-hydrogen) atoms. The van der Waals surface area contributed by atoms with Crippen molar-refractivity contribution in [1.29, 1.82) is 0 Å². The first-order valence-electron chi connectivity index (χ1n) is 7.10. The molecule has 0 aliphatic heterocycles. The number of likely N-dealkylation sites (N-methyl/N-ethyl adjacent to an activating group) is 1. The fraction of sp³-hybridized carbons (Fsp3) is 0.769. The van der Waals surface area contributed by atoms with Crippen molar-refractivity contribution in [2.75, 3.05) is 13.1 Å². The van der Waals surface area contributed by atoms with Gasteiger partial charge < -0.3 is 5.32 Å². The van der Waals surface area contributed by atoms with E-state index in [1.54, 1.807) is 18.5 Å². The van der Waals surface area contributed by atoms with E-state index in [1.165, 1.54) is 0 Å². The lowest BCUT2D eigenvalue weighted by atomic mass is 10.3. The van der Waals surface area contributed by atoms with Crippen LogP contribution < -0.4 is 10.0 Å². The third-order valence-corrected chi connectivity index (χ3v) is 5.14. The van der Waals surface area contributed by atoms with E-state index in [0.29, 0.717) is 22.8 Å². The number of sulfonamides is 1. The third-order valence-electron chi connectivity index (χ3n) is 3.30. The van der Waals surface area contributed by atoms with E-state index in [1.807, 2.05) is 20.8 Å². The molecule has 6 nitrogen and oxygen atoms in total. The Morgan fingerprint density at radius 3 is 2.50 bits per heavy atom. The smallest absolute Gasteiger partial charge is 0.244 e. The maximum absolute atomic E-state index is 12.4. The maximum atomic E-state index is 12.4. The van der Waals surface area contributed by atoms with Gasteiger partial charge in [-0.2, -0.15) is 5.10 Å². The summed E-state index contributed by atoms with van der Waals surface area (Å²) in [4.78, 5) is 0.314. The van der Waals surface area contributed by atoms with Crippen LogP contribution in [-0.2, 0) is 16.6 Å². The molecule has 1 atom stereocenters. The summed E-state index contributed by atoms with van der Waals surface area (Å²) < 4.78 is 29.3. The number of aromatic nitrogens is 2. The zero-order chi connectivity index (χ0) is 15.3. The van der Waals surface area contributed by atoms with Crippen LogP contribution in [0.1, 0.15) is 38.6 Å². The quantitative estimate of drug-likeness (QED) is 0.707. The average molecular weight is 302 g/mol. The van der Waals surface area contributed by atoms with Gasteiger partial charge in [-0.1, -0.05) is 13.8 Å². The molecule has 2 N–H and O–H groups in total. The Hall–Kier alpha value is -0.920. The van der Waals surface area contributed by atoms with Crippen LogP contribution in [0.4, 0.5) is 0 Å². The van der Waals surface area contributed by atoms with Crippen molar-refractivity contribution >= 4 is 10.0 Å². The summed E-state index contributed by atoms with van der Waals surface area (Å²) >= 11 is 0. The number of rotatable bonds is 8. The summed E-state index contributed by atoms with van der Waals surface area (Å²) in [5.74, 6) is 0. The zero-order valence-corrected chi connectivity index (χ0v) is 13.8. The van der Waals surface area contributed by atoms with Crippen LogP contribution in [0.5, 0.6) is 0 Å². The molecule has 0 saturated carbocycles. The fourth-order valence-electron chi connectivity index (χ4n) is 2.06. The van der Waals surface area contributed by atoms with E-state index in [2.05, 4.69) is 15.1 Å². The summed E-state index contributed by atoms with van der Waals surface area (Å²) in [6, 6.07) is -0.0797. The van der Waals surface area contributed by atoms with Gasteiger partial charge in [0.25, 0.3) is 0 Å². The minimum Gasteiger partial charge on any atom is -0.315 e. The third kappa shape index (κ3) is 4.04. The van der Waals surface area contributed by atoms with E-state index in [0.717, 1.165) is 19.5 Å². The van der Waals surface area contributed by atoms with Gasteiger partial charge in [0.15, 0.2) is 0 Å². The minimum atomic E-state index is -3.50. The van der Waals surface area contributed by atoms with Gasteiger partial charge in [-0.15, -0.1) is 0 Å². The zero-order valence-electron chi connectivity index (χ0n) is 13.0. The first-order chi connectivity index (χ1) is 9.33. The van der Waals surface area contributed by atoms with E-state index in [4.69, 9.17) is 0 Å². The van der Waals surface area contributed by atoms with Crippen LogP contribution >= 0.6 is 0 Å². The molecule has 1 unspecified atom stereocenters. The summed E-state index contributed by atoms with van der Waals surface area (Å²) in [7, 11) is -3.50. The van der Waals surface area contributed by atoms with Gasteiger partial charge in [-0.3, -0.25) is 4.68 Å². The Kier molecular flexibility index (Phi) is 6.16. The van der Waals surface area contributed by atoms with Crippen molar-refractivity contribution in [3.8, 4) is 0 Å². The molecule has 0 fully saturated rings. The second-order valence-electron chi connectivity index (χ2n) is 5.01. The van der Waals surface area contributed by atoms with E-state index in [-0.39, 0.29) is 6.04 Å². The van der Waals surface area contributed by atoms with Gasteiger partial charge in [0.05, 0.1) is 17.9 Å². The molecule has 0 aliphatic rings. The monoisotopic (exact) mass is 302 g/mol.